The van der Waals surface area contributed by atoms with Crippen LogP contribution in [0.3, 0.4) is 0 Å². The number of rotatable bonds is 4. The Balaban J connectivity index is 1.46. The van der Waals surface area contributed by atoms with Gasteiger partial charge >= 0.3 is 0 Å². The lowest BCUT2D eigenvalue weighted by atomic mass is 9.94. The predicted molar refractivity (Wildman–Crippen MR) is 107 cm³/mol. The van der Waals surface area contributed by atoms with E-state index in [-0.39, 0.29) is 17.4 Å². The van der Waals surface area contributed by atoms with E-state index in [1.807, 2.05) is 40.0 Å². The van der Waals surface area contributed by atoms with E-state index in [2.05, 4.69) is 20.4 Å². The molecule has 0 aromatic carbocycles. The van der Waals surface area contributed by atoms with E-state index in [0.717, 1.165) is 67.4 Å². The highest BCUT2D eigenvalue weighted by Gasteiger charge is 2.32. The van der Waals surface area contributed by atoms with E-state index in [1.165, 1.54) is 0 Å². The van der Waals surface area contributed by atoms with Gasteiger partial charge in [0, 0.05) is 42.7 Å². The van der Waals surface area contributed by atoms with Crippen molar-refractivity contribution < 1.29 is 9.32 Å². The molecule has 7 heteroatoms. The maximum absolute atomic E-state index is 12.2. The van der Waals surface area contributed by atoms with Crippen molar-refractivity contribution in [1.82, 2.24) is 20.4 Å². The minimum Gasteiger partial charge on any atom is -0.356 e. The van der Waals surface area contributed by atoms with E-state index in [0.29, 0.717) is 5.92 Å². The van der Waals surface area contributed by atoms with E-state index >= 15 is 0 Å². The van der Waals surface area contributed by atoms with Crippen molar-refractivity contribution in [3.63, 3.8) is 0 Å². The smallest absolute Gasteiger partial charge is 0.225 e. The van der Waals surface area contributed by atoms with Gasteiger partial charge < -0.3 is 14.7 Å². The van der Waals surface area contributed by atoms with Gasteiger partial charge in [-0.3, -0.25) is 4.79 Å². The summed E-state index contributed by atoms with van der Waals surface area (Å²) in [4.78, 5) is 24.0. The number of hydrogen-bond donors (Lipinski definition) is 1. The second-order valence-corrected chi connectivity index (χ2v) is 9.06. The number of anilines is 1. The third-order valence-corrected chi connectivity index (χ3v) is 5.46. The fraction of sp³-hybridized carbons (Fsp3) is 0.619. The molecule has 1 saturated carbocycles. The molecule has 1 amide bonds. The number of carbonyl (C=O) groups excluding carboxylic acids is 1. The lowest BCUT2D eigenvalue weighted by Crippen LogP contribution is -2.48. The SMILES string of the molecule is Cc1cc(-c2cnc(N3CCC(NC(=O)C(C)(C)C)CC3)nc2C2CC2)on1. The first kappa shape index (κ1) is 18.9. The Morgan fingerprint density at radius 3 is 2.50 bits per heavy atom. The van der Waals surface area contributed by atoms with Crippen molar-refractivity contribution in [2.75, 3.05) is 18.0 Å². The van der Waals surface area contributed by atoms with E-state index in [1.54, 1.807) is 0 Å². The standard InChI is InChI=1S/C21H29N5O2/c1-13-11-17(28-25-13)16-12-22-20(24-18(16)14-5-6-14)26-9-7-15(8-10-26)23-19(27)21(2,3)4/h11-12,14-15H,5-10H2,1-4H3,(H,23,27). The number of nitrogens with one attached hydrogen (secondary N) is 1. The van der Waals surface area contributed by atoms with Crippen LogP contribution in [0.2, 0.25) is 0 Å². The largest absolute Gasteiger partial charge is 0.356 e. The maximum atomic E-state index is 12.2. The molecule has 7 nitrogen and oxygen atoms in total. The quantitative estimate of drug-likeness (QED) is 0.870. The Bertz CT molecular complexity index is 858. The van der Waals surface area contributed by atoms with Gasteiger partial charge in [-0.05, 0) is 32.6 Å². The van der Waals surface area contributed by atoms with Crippen LogP contribution >= 0.6 is 0 Å². The van der Waals surface area contributed by atoms with Crippen LogP contribution in [0.25, 0.3) is 11.3 Å². The van der Waals surface area contributed by atoms with Gasteiger partial charge in [0.2, 0.25) is 11.9 Å². The summed E-state index contributed by atoms with van der Waals surface area (Å²) in [5.74, 6) is 2.13. The van der Waals surface area contributed by atoms with Gasteiger partial charge in [-0.15, -0.1) is 0 Å². The Morgan fingerprint density at radius 1 is 1.21 bits per heavy atom. The number of hydrogen-bond acceptors (Lipinski definition) is 6. The van der Waals surface area contributed by atoms with Crippen LogP contribution in [0.15, 0.2) is 16.8 Å². The maximum Gasteiger partial charge on any atom is 0.225 e. The molecule has 1 saturated heterocycles. The fourth-order valence-corrected chi connectivity index (χ4v) is 3.51. The zero-order valence-corrected chi connectivity index (χ0v) is 17.2. The van der Waals surface area contributed by atoms with Crippen molar-refractivity contribution >= 4 is 11.9 Å². The summed E-state index contributed by atoms with van der Waals surface area (Å²) in [6.07, 6.45) is 6.03. The summed E-state index contributed by atoms with van der Waals surface area (Å²) in [6, 6.07) is 2.16. The number of nitrogens with zero attached hydrogens (tertiary/aromatic N) is 4. The van der Waals surface area contributed by atoms with Crippen LogP contribution in [-0.4, -0.2) is 40.2 Å². The van der Waals surface area contributed by atoms with Crippen molar-refractivity contribution in [2.24, 2.45) is 5.41 Å². The molecule has 3 heterocycles. The number of carbonyl (C=O) groups is 1. The van der Waals surface area contributed by atoms with E-state index in [4.69, 9.17) is 9.51 Å². The van der Waals surface area contributed by atoms with Gasteiger partial charge in [0.25, 0.3) is 0 Å². The topological polar surface area (TPSA) is 84.2 Å². The number of aryl methyl sites for hydroxylation is 1. The van der Waals surface area contributed by atoms with Gasteiger partial charge in [-0.2, -0.15) is 0 Å². The molecule has 4 rings (SSSR count). The molecule has 2 aromatic heterocycles. The average molecular weight is 383 g/mol. The Morgan fingerprint density at radius 2 is 1.93 bits per heavy atom. The van der Waals surface area contributed by atoms with Gasteiger partial charge in [0.15, 0.2) is 5.76 Å². The second kappa shape index (κ2) is 7.18. The molecule has 1 aliphatic heterocycles. The van der Waals surface area contributed by atoms with Gasteiger partial charge in [0.05, 0.1) is 17.0 Å². The summed E-state index contributed by atoms with van der Waals surface area (Å²) in [5, 5.41) is 7.18. The molecule has 0 radical (unpaired) electrons. The Labute approximate surface area is 165 Å². The molecule has 2 aliphatic rings. The van der Waals surface area contributed by atoms with Crippen LogP contribution in [0.1, 0.15) is 63.8 Å². The summed E-state index contributed by atoms with van der Waals surface area (Å²) >= 11 is 0. The first-order valence-corrected chi connectivity index (χ1v) is 10.2. The summed E-state index contributed by atoms with van der Waals surface area (Å²) in [7, 11) is 0. The molecule has 0 bridgehead atoms. The molecule has 2 fully saturated rings. The van der Waals surface area contributed by atoms with Crippen molar-refractivity contribution in [1.29, 1.82) is 0 Å². The first-order chi connectivity index (χ1) is 13.3. The van der Waals surface area contributed by atoms with Crippen molar-refractivity contribution in [3.8, 4) is 11.3 Å². The minimum absolute atomic E-state index is 0.116. The molecule has 1 aliphatic carbocycles. The fourth-order valence-electron chi connectivity index (χ4n) is 3.51. The predicted octanol–water partition coefficient (Wildman–Crippen LogP) is 3.45. The van der Waals surface area contributed by atoms with Gasteiger partial charge in [-0.1, -0.05) is 25.9 Å². The Hall–Kier alpha value is -2.44. The molecule has 2 aromatic rings. The lowest BCUT2D eigenvalue weighted by Gasteiger charge is -2.34. The third-order valence-electron chi connectivity index (χ3n) is 5.46. The highest BCUT2D eigenvalue weighted by Crippen LogP contribution is 2.43. The zero-order chi connectivity index (χ0) is 19.9. The Kier molecular flexibility index (Phi) is 4.85. The molecule has 150 valence electrons. The molecular formula is C21H29N5O2. The second-order valence-electron chi connectivity index (χ2n) is 9.06. The molecular weight excluding hydrogens is 354 g/mol. The molecule has 0 atom stereocenters. The van der Waals surface area contributed by atoms with Crippen LogP contribution in [0.5, 0.6) is 0 Å². The highest BCUT2D eigenvalue weighted by molar-refractivity contribution is 5.81. The van der Waals surface area contributed by atoms with Crippen LogP contribution in [0, 0.1) is 12.3 Å². The lowest BCUT2D eigenvalue weighted by molar-refractivity contribution is -0.129. The van der Waals surface area contributed by atoms with E-state index in [9.17, 15) is 4.79 Å². The molecule has 0 unspecified atom stereocenters. The van der Waals surface area contributed by atoms with Gasteiger partial charge in [-0.25, -0.2) is 9.97 Å². The summed E-state index contributed by atoms with van der Waals surface area (Å²) in [6.45, 7) is 9.45. The minimum atomic E-state index is -0.353. The molecule has 28 heavy (non-hydrogen) atoms. The van der Waals surface area contributed by atoms with Crippen LogP contribution < -0.4 is 10.2 Å². The van der Waals surface area contributed by atoms with Crippen LogP contribution in [-0.2, 0) is 4.79 Å². The monoisotopic (exact) mass is 383 g/mol. The normalized spacial score (nSPS) is 18.4. The average Bonchev–Trinajstić information content (AvgIpc) is 3.42. The van der Waals surface area contributed by atoms with E-state index < -0.39 is 0 Å². The van der Waals surface area contributed by atoms with Gasteiger partial charge in [0.1, 0.15) is 0 Å². The zero-order valence-electron chi connectivity index (χ0n) is 17.2. The first-order valence-electron chi connectivity index (χ1n) is 10.2. The van der Waals surface area contributed by atoms with Crippen molar-refractivity contribution in [2.45, 2.75) is 65.3 Å². The van der Waals surface area contributed by atoms with Crippen molar-refractivity contribution in [3.05, 3.63) is 23.7 Å². The highest BCUT2D eigenvalue weighted by atomic mass is 16.5. The molecule has 1 N–H and O–H groups in total. The number of piperidine rings is 1. The summed E-state index contributed by atoms with van der Waals surface area (Å²) < 4.78 is 5.45. The number of aromatic nitrogens is 3. The third kappa shape index (κ3) is 4.03. The molecule has 0 spiro atoms. The van der Waals surface area contributed by atoms with Crippen LogP contribution in [0.4, 0.5) is 5.95 Å². The summed E-state index contributed by atoms with van der Waals surface area (Å²) in [5.41, 5.74) is 2.54. The number of amides is 1.